The summed E-state index contributed by atoms with van der Waals surface area (Å²) in [5, 5.41) is 14.5. The zero-order chi connectivity index (χ0) is 17.8. The Morgan fingerprint density at radius 3 is 2.72 bits per heavy atom. The van der Waals surface area contributed by atoms with Crippen molar-refractivity contribution < 1.29 is 9.90 Å². The Bertz CT molecular complexity index is 643. The lowest BCUT2D eigenvalue weighted by molar-refractivity contribution is -0.0209. The van der Waals surface area contributed by atoms with Crippen molar-refractivity contribution in [2.24, 2.45) is 39.4 Å². The summed E-state index contributed by atoms with van der Waals surface area (Å²) in [4.78, 5) is 11.1. The summed E-state index contributed by atoms with van der Waals surface area (Å²) >= 11 is 0. The van der Waals surface area contributed by atoms with Gasteiger partial charge in [-0.1, -0.05) is 25.5 Å². The molecule has 0 aromatic rings. The van der Waals surface area contributed by atoms with Gasteiger partial charge in [-0.3, -0.25) is 0 Å². The molecule has 138 valence electrons. The van der Waals surface area contributed by atoms with Gasteiger partial charge in [0.2, 0.25) is 0 Å². The number of nitrogens with two attached hydrogens (primary N) is 1. The van der Waals surface area contributed by atoms with E-state index in [1.54, 1.807) is 0 Å². The van der Waals surface area contributed by atoms with Crippen LogP contribution < -0.4 is 11.2 Å². The minimum atomic E-state index is -0.577. The van der Waals surface area contributed by atoms with Gasteiger partial charge in [-0.15, -0.1) is 0 Å². The summed E-state index contributed by atoms with van der Waals surface area (Å²) in [7, 11) is 0. The van der Waals surface area contributed by atoms with E-state index in [9.17, 15) is 9.90 Å². The second kappa shape index (κ2) is 5.83. The first kappa shape index (κ1) is 17.1. The Kier molecular flexibility index (Phi) is 3.98. The number of nitrogens with zero attached hydrogens (tertiary/aromatic N) is 1. The third kappa shape index (κ3) is 2.54. The summed E-state index contributed by atoms with van der Waals surface area (Å²) in [6.07, 6.45) is 10.9. The van der Waals surface area contributed by atoms with Crippen LogP contribution in [0.4, 0.5) is 4.79 Å². The Morgan fingerprint density at radius 1 is 1.24 bits per heavy atom. The molecule has 4 rings (SSSR count). The van der Waals surface area contributed by atoms with Crippen molar-refractivity contribution in [1.82, 2.24) is 5.43 Å². The molecule has 0 heterocycles. The number of hydrazone groups is 1. The molecule has 4 N–H and O–H groups in total. The molecule has 5 nitrogen and oxygen atoms in total. The van der Waals surface area contributed by atoms with E-state index < -0.39 is 6.03 Å². The molecule has 0 aromatic heterocycles. The number of hydrogen-bond donors (Lipinski definition) is 3. The van der Waals surface area contributed by atoms with E-state index in [1.807, 2.05) is 0 Å². The molecular formula is C20H31N3O2. The SMILES string of the molecule is C[C@]12CCC(O)CC1=CC[C@@H]1[C@@H]2CC[C@]2(C)/C(=N/NC(N)=O)CC[C@@H]12. The molecule has 3 saturated carbocycles. The molecule has 5 heteroatoms. The van der Waals surface area contributed by atoms with Crippen LogP contribution in [0.1, 0.15) is 65.2 Å². The molecule has 0 spiro atoms. The van der Waals surface area contributed by atoms with Gasteiger partial charge in [0.05, 0.1) is 6.10 Å². The maximum absolute atomic E-state index is 11.1. The fraction of sp³-hybridized carbons (Fsp3) is 0.800. The summed E-state index contributed by atoms with van der Waals surface area (Å²) in [5.41, 5.74) is 10.7. The van der Waals surface area contributed by atoms with Crippen LogP contribution in [0.2, 0.25) is 0 Å². The zero-order valence-corrected chi connectivity index (χ0v) is 15.4. The molecule has 0 bridgehead atoms. The highest BCUT2D eigenvalue weighted by molar-refractivity contribution is 5.93. The number of allylic oxidation sites excluding steroid dienone is 1. The Morgan fingerprint density at radius 2 is 1.96 bits per heavy atom. The number of fused-ring (bicyclic) bond motifs is 5. The highest BCUT2D eigenvalue weighted by atomic mass is 16.3. The third-order valence-corrected chi connectivity index (χ3v) is 8.12. The second-order valence-corrected chi connectivity index (χ2v) is 9.19. The maximum atomic E-state index is 11.1. The van der Waals surface area contributed by atoms with Gasteiger partial charge in [0.15, 0.2) is 0 Å². The molecule has 25 heavy (non-hydrogen) atoms. The number of aliphatic hydroxyl groups is 1. The van der Waals surface area contributed by atoms with Gasteiger partial charge in [0, 0.05) is 11.1 Å². The monoisotopic (exact) mass is 345 g/mol. The maximum Gasteiger partial charge on any atom is 0.332 e. The van der Waals surface area contributed by atoms with Gasteiger partial charge in [-0.25, -0.2) is 10.2 Å². The fourth-order valence-electron chi connectivity index (χ4n) is 6.74. The van der Waals surface area contributed by atoms with Gasteiger partial charge in [0.1, 0.15) is 0 Å². The number of amides is 2. The number of aliphatic hydroxyl groups excluding tert-OH is 1. The van der Waals surface area contributed by atoms with Crippen LogP contribution in [-0.2, 0) is 0 Å². The van der Waals surface area contributed by atoms with Crippen LogP contribution in [0.15, 0.2) is 16.8 Å². The van der Waals surface area contributed by atoms with Crippen molar-refractivity contribution in [3.8, 4) is 0 Å². The summed E-state index contributed by atoms with van der Waals surface area (Å²) in [6.45, 7) is 4.79. The average molecular weight is 345 g/mol. The number of rotatable bonds is 1. The van der Waals surface area contributed by atoms with E-state index in [-0.39, 0.29) is 16.9 Å². The number of primary amides is 1. The van der Waals surface area contributed by atoms with Gasteiger partial charge in [0.25, 0.3) is 0 Å². The molecule has 3 fully saturated rings. The molecule has 1 unspecified atom stereocenters. The molecule has 0 aromatic carbocycles. The molecule has 0 saturated heterocycles. The van der Waals surface area contributed by atoms with Crippen molar-refractivity contribution in [3.05, 3.63) is 11.6 Å². The van der Waals surface area contributed by atoms with Gasteiger partial charge in [-0.05, 0) is 74.5 Å². The predicted molar refractivity (Wildman–Crippen MR) is 97.9 cm³/mol. The molecular weight excluding hydrogens is 314 g/mol. The van der Waals surface area contributed by atoms with E-state index in [0.717, 1.165) is 50.2 Å². The molecule has 0 aliphatic heterocycles. The summed E-state index contributed by atoms with van der Waals surface area (Å²) < 4.78 is 0. The van der Waals surface area contributed by atoms with Crippen molar-refractivity contribution in [2.45, 2.75) is 71.3 Å². The van der Waals surface area contributed by atoms with E-state index in [0.29, 0.717) is 11.8 Å². The van der Waals surface area contributed by atoms with Crippen LogP contribution in [0, 0.1) is 28.6 Å². The lowest BCUT2D eigenvalue weighted by atomic mass is 9.48. The lowest BCUT2D eigenvalue weighted by Gasteiger charge is -2.57. The minimum absolute atomic E-state index is 0.0967. The molecule has 0 radical (unpaired) electrons. The van der Waals surface area contributed by atoms with E-state index in [2.05, 4.69) is 30.5 Å². The van der Waals surface area contributed by atoms with E-state index in [1.165, 1.54) is 18.4 Å². The average Bonchev–Trinajstić information content (AvgIpc) is 2.90. The Labute approximate surface area is 150 Å². The predicted octanol–water partition coefficient (Wildman–Crippen LogP) is 3.33. The van der Waals surface area contributed by atoms with Crippen LogP contribution in [0.3, 0.4) is 0 Å². The number of urea groups is 1. The smallest absolute Gasteiger partial charge is 0.332 e. The van der Waals surface area contributed by atoms with Crippen LogP contribution in [0.25, 0.3) is 0 Å². The van der Waals surface area contributed by atoms with Crippen LogP contribution in [0.5, 0.6) is 0 Å². The standard InChI is InChI=1S/C20H31N3O2/c1-19-9-7-13(24)11-12(19)3-4-14-15-5-6-17(22-23-18(21)25)20(15,2)10-8-16(14)19/h3,13-16,24H,4-11H2,1-2H3,(H3,21,23,25)/b22-17+/t13?,14-,15-,16-,19-,20-/m0/s1. The number of hydrogen-bond acceptors (Lipinski definition) is 3. The minimum Gasteiger partial charge on any atom is -0.393 e. The van der Waals surface area contributed by atoms with Crippen molar-refractivity contribution in [1.29, 1.82) is 0 Å². The zero-order valence-electron chi connectivity index (χ0n) is 15.4. The van der Waals surface area contributed by atoms with Gasteiger partial charge >= 0.3 is 6.03 Å². The first-order valence-electron chi connectivity index (χ1n) is 9.84. The summed E-state index contributed by atoms with van der Waals surface area (Å²) in [5.74, 6) is 2.06. The molecule has 2 amide bonds. The summed E-state index contributed by atoms with van der Waals surface area (Å²) in [6, 6.07) is -0.577. The van der Waals surface area contributed by atoms with Gasteiger partial charge in [-0.2, -0.15) is 5.10 Å². The fourth-order valence-corrected chi connectivity index (χ4v) is 6.74. The van der Waals surface area contributed by atoms with Crippen molar-refractivity contribution in [2.75, 3.05) is 0 Å². The quantitative estimate of drug-likeness (QED) is 0.503. The van der Waals surface area contributed by atoms with E-state index in [4.69, 9.17) is 5.73 Å². The Balaban J connectivity index is 1.62. The second-order valence-electron chi connectivity index (χ2n) is 9.19. The highest BCUT2D eigenvalue weighted by Gasteiger charge is 2.57. The Hall–Kier alpha value is -1.36. The molecule has 4 aliphatic rings. The third-order valence-electron chi connectivity index (χ3n) is 8.12. The topological polar surface area (TPSA) is 87.7 Å². The van der Waals surface area contributed by atoms with Crippen LogP contribution in [-0.4, -0.2) is 23.0 Å². The number of carbonyl (C=O) groups is 1. The number of nitrogens with one attached hydrogen (secondary N) is 1. The van der Waals surface area contributed by atoms with Gasteiger partial charge < -0.3 is 10.8 Å². The normalized spacial score (nSPS) is 47.5. The van der Waals surface area contributed by atoms with Crippen molar-refractivity contribution >= 4 is 11.7 Å². The molecule has 6 atom stereocenters. The number of carbonyl (C=O) groups excluding carboxylic acids is 1. The first-order chi connectivity index (χ1) is 11.8. The van der Waals surface area contributed by atoms with Crippen LogP contribution >= 0.6 is 0 Å². The lowest BCUT2D eigenvalue weighted by Crippen LogP contribution is -2.50. The highest BCUT2D eigenvalue weighted by Crippen LogP contribution is 2.64. The largest absolute Gasteiger partial charge is 0.393 e. The van der Waals surface area contributed by atoms with E-state index >= 15 is 0 Å². The first-order valence-corrected chi connectivity index (χ1v) is 9.84. The van der Waals surface area contributed by atoms with Crippen molar-refractivity contribution in [3.63, 3.8) is 0 Å². The molecule has 4 aliphatic carbocycles.